The number of hydrogen-bond donors (Lipinski definition) is 3. The molecule has 1 aromatic carbocycles. The number of carbonyl (C=O) groups is 1. The van der Waals surface area contributed by atoms with Gasteiger partial charge in [0, 0.05) is 0 Å². The quantitative estimate of drug-likeness (QED) is 0.0744. The van der Waals surface area contributed by atoms with Gasteiger partial charge in [-0.15, -0.1) is 0 Å². The summed E-state index contributed by atoms with van der Waals surface area (Å²) >= 11 is 0. The Labute approximate surface area is 220 Å². The maximum Gasteiger partial charge on any atom is 0.308 e. The fourth-order valence-electron chi connectivity index (χ4n) is 4.65. The van der Waals surface area contributed by atoms with Crippen LogP contribution < -0.4 is 0 Å². The van der Waals surface area contributed by atoms with Crippen LogP contribution in [0.15, 0.2) is 18.2 Å². The number of carbonyl (C=O) groups excluding carboxylic acids is 1. The summed E-state index contributed by atoms with van der Waals surface area (Å²) in [5, 5.41) is 28.9. The van der Waals surface area contributed by atoms with Crippen molar-refractivity contribution in [2.75, 3.05) is 6.61 Å². The number of unbranched alkanes of at least 4 members (excludes halogenated alkanes) is 16. The zero-order valence-electron chi connectivity index (χ0n) is 23.0. The van der Waals surface area contributed by atoms with Crippen LogP contribution in [0, 0.1) is 0 Å². The molecule has 0 radical (unpaired) electrons. The van der Waals surface area contributed by atoms with Gasteiger partial charge in [-0.2, -0.15) is 0 Å². The lowest BCUT2D eigenvalue weighted by Crippen LogP contribution is -2.16. The van der Waals surface area contributed by atoms with Crippen molar-refractivity contribution in [2.45, 2.75) is 148 Å². The fraction of sp³-hybridized carbons (Fsp3) is 0.774. The predicted molar refractivity (Wildman–Crippen MR) is 148 cm³/mol. The number of ether oxygens (including phenoxy) is 1. The molecule has 1 unspecified atom stereocenters. The molecule has 0 heterocycles. The van der Waals surface area contributed by atoms with E-state index in [1.165, 1.54) is 108 Å². The largest absolute Gasteiger partial charge is 0.504 e. The highest BCUT2D eigenvalue weighted by Crippen LogP contribution is 2.25. The molecule has 5 nitrogen and oxygen atoms in total. The molecule has 0 saturated carbocycles. The van der Waals surface area contributed by atoms with Gasteiger partial charge in [0.2, 0.25) is 0 Å². The summed E-state index contributed by atoms with van der Waals surface area (Å²) in [5.41, 5.74) is 0.875. The number of aliphatic hydroxyl groups excluding tert-OH is 1. The van der Waals surface area contributed by atoms with Crippen LogP contribution in [-0.4, -0.2) is 34.0 Å². The van der Waals surface area contributed by atoms with Gasteiger partial charge in [0.25, 0.3) is 0 Å². The fourth-order valence-corrected chi connectivity index (χ4v) is 4.65. The molecule has 0 bridgehead atoms. The second-order valence-electron chi connectivity index (χ2n) is 10.5. The number of aromatic hydroxyl groups is 2. The van der Waals surface area contributed by atoms with Gasteiger partial charge in [-0.1, -0.05) is 122 Å². The summed E-state index contributed by atoms with van der Waals surface area (Å²) in [4.78, 5) is 11.9. The highest BCUT2D eigenvalue weighted by Gasteiger charge is 2.12. The Morgan fingerprint density at radius 1 is 0.722 bits per heavy atom. The first-order valence-electron chi connectivity index (χ1n) is 14.9. The zero-order valence-corrected chi connectivity index (χ0v) is 23.0. The SMILES string of the molecule is CCCCCCCCCCCCCCCCCCCC(O)CC(=O)OCCCc1ccc(O)c(O)c1. The van der Waals surface area contributed by atoms with E-state index < -0.39 is 6.10 Å². The van der Waals surface area contributed by atoms with Gasteiger partial charge in [0.15, 0.2) is 11.5 Å². The Morgan fingerprint density at radius 2 is 1.22 bits per heavy atom. The molecular formula is C31H54O5. The maximum absolute atomic E-state index is 11.9. The molecule has 3 N–H and O–H groups in total. The smallest absolute Gasteiger partial charge is 0.308 e. The lowest BCUT2D eigenvalue weighted by atomic mass is 10.0. The van der Waals surface area contributed by atoms with E-state index in [4.69, 9.17) is 4.74 Å². The predicted octanol–water partition coefficient (Wildman–Crippen LogP) is 8.37. The summed E-state index contributed by atoms with van der Waals surface area (Å²) in [5.74, 6) is -0.640. The van der Waals surface area contributed by atoms with Crippen molar-refractivity contribution in [1.29, 1.82) is 0 Å². The molecular weight excluding hydrogens is 452 g/mol. The van der Waals surface area contributed by atoms with Gasteiger partial charge in [-0.3, -0.25) is 4.79 Å². The van der Waals surface area contributed by atoms with Crippen LogP contribution in [0.4, 0.5) is 0 Å². The Morgan fingerprint density at radius 3 is 1.72 bits per heavy atom. The van der Waals surface area contributed by atoms with Crippen molar-refractivity contribution in [2.24, 2.45) is 0 Å². The summed E-state index contributed by atoms with van der Waals surface area (Å²) in [6.07, 6.45) is 24.0. The standard InChI is InChI=1S/C31H54O5/c1-2-3-4-5-6-7-8-9-10-11-12-13-14-15-16-17-18-21-28(32)26-31(35)36-24-19-20-27-22-23-29(33)30(34)25-27/h22-23,25,28,32-34H,2-21,24,26H2,1H3. The average Bonchev–Trinajstić information content (AvgIpc) is 2.86. The van der Waals surface area contributed by atoms with Crippen molar-refractivity contribution in [1.82, 2.24) is 0 Å². The number of hydrogen-bond acceptors (Lipinski definition) is 5. The van der Waals surface area contributed by atoms with E-state index in [9.17, 15) is 20.1 Å². The van der Waals surface area contributed by atoms with Crippen molar-refractivity contribution < 1.29 is 24.9 Å². The first-order valence-corrected chi connectivity index (χ1v) is 14.9. The van der Waals surface area contributed by atoms with Gasteiger partial charge >= 0.3 is 5.97 Å². The molecule has 0 aromatic heterocycles. The van der Waals surface area contributed by atoms with Gasteiger partial charge in [-0.05, 0) is 37.0 Å². The Kier molecular flexibility index (Phi) is 20.1. The summed E-state index contributed by atoms with van der Waals surface area (Å²) in [6, 6.07) is 4.70. The molecule has 0 spiro atoms. The van der Waals surface area contributed by atoms with E-state index in [1.54, 1.807) is 6.07 Å². The molecule has 0 aliphatic heterocycles. The minimum Gasteiger partial charge on any atom is -0.504 e. The topological polar surface area (TPSA) is 87.0 Å². The van der Waals surface area contributed by atoms with E-state index in [0.717, 1.165) is 18.4 Å². The highest BCUT2D eigenvalue weighted by atomic mass is 16.5. The van der Waals surface area contributed by atoms with Crippen LogP contribution in [-0.2, 0) is 16.0 Å². The number of rotatable bonds is 24. The Balaban J connectivity index is 1.83. The second-order valence-corrected chi connectivity index (χ2v) is 10.5. The third-order valence-electron chi connectivity index (χ3n) is 6.96. The highest BCUT2D eigenvalue weighted by molar-refractivity contribution is 5.69. The van der Waals surface area contributed by atoms with E-state index in [-0.39, 0.29) is 30.5 Å². The number of phenols is 2. The number of phenolic OH excluding ortho intramolecular Hbond substituents is 2. The van der Waals surface area contributed by atoms with Crippen molar-refractivity contribution in [3.05, 3.63) is 23.8 Å². The minimum atomic E-state index is -0.622. The molecule has 36 heavy (non-hydrogen) atoms. The lowest BCUT2D eigenvalue weighted by Gasteiger charge is -2.10. The second kappa shape index (κ2) is 22.4. The third-order valence-corrected chi connectivity index (χ3v) is 6.96. The number of benzene rings is 1. The van der Waals surface area contributed by atoms with Crippen LogP contribution in [0.3, 0.4) is 0 Å². The molecule has 0 aliphatic rings. The minimum absolute atomic E-state index is 0.0544. The van der Waals surface area contributed by atoms with E-state index in [0.29, 0.717) is 19.3 Å². The van der Waals surface area contributed by atoms with Crippen LogP contribution in [0.25, 0.3) is 0 Å². The molecule has 0 aliphatic carbocycles. The van der Waals surface area contributed by atoms with Crippen LogP contribution >= 0.6 is 0 Å². The lowest BCUT2D eigenvalue weighted by molar-refractivity contribution is -0.146. The normalized spacial score (nSPS) is 12.1. The first-order chi connectivity index (χ1) is 17.5. The van der Waals surface area contributed by atoms with Crippen LogP contribution in [0.1, 0.15) is 141 Å². The van der Waals surface area contributed by atoms with E-state index in [2.05, 4.69) is 6.92 Å². The average molecular weight is 507 g/mol. The summed E-state index contributed by atoms with van der Waals surface area (Å²) in [7, 11) is 0. The van der Waals surface area contributed by atoms with Gasteiger partial charge in [-0.25, -0.2) is 0 Å². The third kappa shape index (κ3) is 18.5. The Hall–Kier alpha value is -1.75. The molecule has 1 atom stereocenters. The number of aliphatic hydroxyl groups is 1. The number of aryl methyl sites for hydroxylation is 1. The molecule has 0 fully saturated rings. The molecule has 1 aromatic rings. The van der Waals surface area contributed by atoms with Crippen LogP contribution in [0.5, 0.6) is 11.5 Å². The molecule has 5 heteroatoms. The molecule has 0 saturated heterocycles. The van der Waals surface area contributed by atoms with Gasteiger partial charge in [0.1, 0.15) is 0 Å². The molecule has 208 valence electrons. The first kappa shape index (κ1) is 32.3. The number of esters is 1. The van der Waals surface area contributed by atoms with Crippen molar-refractivity contribution in [3.63, 3.8) is 0 Å². The summed E-state index contributed by atoms with van der Waals surface area (Å²) < 4.78 is 5.21. The van der Waals surface area contributed by atoms with Gasteiger partial charge in [0.05, 0.1) is 19.1 Å². The summed E-state index contributed by atoms with van der Waals surface area (Å²) in [6.45, 7) is 2.56. The van der Waals surface area contributed by atoms with E-state index in [1.807, 2.05) is 0 Å². The van der Waals surface area contributed by atoms with Crippen LogP contribution in [0.2, 0.25) is 0 Å². The zero-order chi connectivity index (χ0) is 26.3. The van der Waals surface area contributed by atoms with Gasteiger partial charge < -0.3 is 20.1 Å². The van der Waals surface area contributed by atoms with E-state index >= 15 is 0 Å². The van der Waals surface area contributed by atoms with Crippen molar-refractivity contribution >= 4 is 5.97 Å². The monoisotopic (exact) mass is 506 g/mol. The maximum atomic E-state index is 11.9. The Bertz CT molecular complexity index is 660. The molecule has 0 amide bonds. The van der Waals surface area contributed by atoms with Crippen molar-refractivity contribution in [3.8, 4) is 11.5 Å². The molecule has 1 rings (SSSR count).